The van der Waals surface area contributed by atoms with Gasteiger partial charge in [-0.25, -0.2) is 9.97 Å². The highest BCUT2D eigenvalue weighted by molar-refractivity contribution is 6.17. The highest BCUT2D eigenvalue weighted by Gasteiger charge is 2.17. The number of rotatable bonds is 5. The molecule has 0 fully saturated rings. The van der Waals surface area contributed by atoms with Gasteiger partial charge in [0.25, 0.3) is 0 Å². The normalized spacial score (nSPS) is 11.4. The lowest BCUT2D eigenvalue weighted by Crippen LogP contribution is -1.96. The van der Waals surface area contributed by atoms with E-state index in [0.29, 0.717) is 5.82 Å². The third-order valence-electron chi connectivity index (χ3n) is 8.86. The van der Waals surface area contributed by atoms with Crippen LogP contribution in [0.5, 0.6) is 0 Å². The standard InChI is InChI=1S/C44H28N2O/c1-4-13-29(14-5-1)33-25-34(37-21-12-22-38-39-24-23-30-15-10-11-20-36(30)42(39)47-43(37)38)27-35(26-33)41-28-40(31-16-6-2-7-17-31)45-44(46-41)32-18-8-3-9-19-32/h1-28H. The molecular weight excluding hydrogens is 572 g/mol. The van der Waals surface area contributed by atoms with E-state index in [1.807, 2.05) is 36.4 Å². The van der Waals surface area contributed by atoms with Crippen molar-refractivity contribution in [2.45, 2.75) is 0 Å². The maximum Gasteiger partial charge on any atom is 0.160 e. The third kappa shape index (κ3) is 4.86. The van der Waals surface area contributed by atoms with Crippen LogP contribution in [0.25, 0.3) is 88.9 Å². The second-order valence-electron chi connectivity index (χ2n) is 11.8. The number of hydrogen-bond donors (Lipinski definition) is 0. The Morgan fingerprint density at radius 1 is 0.340 bits per heavy atom. The molecule has 0 radical (unpaired) electrons. The molecule has 0 amide bonds. The summed E-state index contributed by atoms with van der Waals surface area (Å²) < 4.78 is 6.77. The first-order chi connectivity index (χ1) is 23.3. The molecule has 3 nitrogen and oxygen atoms in total. The zero-order valence-corrected chi connectivity index (χ0v) is 25.5. The van der Waals surface area contributed by atoms with E-state index in [2.05, 4.69) is 133 Å². The van der Waals surface area contributed by atoms with Crippen molar-refractivity contribution in [3.63, 3.8) is 0 Å². The Hall–Kier alpha value is -6.32. The van der Waals surface area contributed by atoms with Crippen LogP contribution in [0.3, 0.4) is 0 Å². The van der Waals surface area contributed by atoms with Gasteiger partial charge in [0.2, 0.25) is 0 Å². The molecule has 0 saturated heterocycles. The summed E-state index contributed by atoms with van der Waals surface area (Å²) in [6.07, 6.45) is 0. The van der Waals surface area contributed by atoms with Gasteiger partial charge in [0.05, 0.1) is 11.4 Å². The summed E-state index contributed by atoms with van der Waals surface area (Å²) in [5.74, 6) is 0.694. The molecule has 220 valence electrons. The summed E-state index contributed by atoms with van der Waals surface area (Å²) in [5, 5.41) is 4.51. The molecule has 0 atom stereocenters. The molecule has 0 N–H and O–H groups in total. The number of fused-ring (bicyclic) bond motifs is 5. The van der Waals surface area contributed by atoms with Gasteiger partial charge in [0.15, 0.2) is 5.82 Å². The lowest BCUT2D eigenvalue weighted by molar-refractivity contribution is 0.674. The summed E-state index contributed by atoms with van der Waals surface area (Å²) in [6, 6.07) is 59.1. The van der Waals surface area contributed by atoms with E-state index in [1.165, 1.54) is 5.39 Å². The van der Waals surface area contributed by atoms with Crippen molar-refractivity contribution in [3.8, 4) is 56.2 Å². The fourth-order valence-electron chi connectivity index (χ4n) is 6.55. The van der Waals surface area contributed by atoms with Gasteiger partial charge in [0.1, 0.15) is 11.2 Å². The third-order valence-corrected chi connectivity index (χ3v) is 8.86. The zero-order valence-electron chi connectivity index (χ0n) is 25.5. The molecule has 3 heteroatoms. The van der Waals surface area contributed by atoms with E-state index in [0.717, 1.165) is 77.7 Å². The molecule has 9 rings (SSSR count). The molecule has 2 heterocycles. The monoisotopic (exact) mass is 600 g/mol. The maximum absolute atomic E-state index is 6.77. The van der Waals surface area contributed by atoms with Crippen molar-refractivity contribution in [1.82, 2.24) is 9.97 Å². The van der Waals surface area contributed by atoms with Crippen molar-refractivity contribution in [1.29, 1.82) is 0 Å². The van der Waals surface area contributed by atoms with Gasteiger partial charge in [-0.3, -0.25) is 0 Å². The van der Waals surface area contributed by atoms with Crippen LogP contribution in [0.4, 0.5) is 0 Å². The van der Waals surface area contributed by atoms with Gasteiger partial charge >= 0.3 is 0 Å². The number of aromatic nitrogens is 2. The predicted molar refractivity (Wildman–Crippen MR) is 194 cm³/mol. The molecule has 0 bridgehead atoms. The molecule has 2 aromatic heterocycles. The summed E-state index contributed by atoms with van der Waals surface area (Å²) in [4.78, 5) is 10.2. The predicted octanol–water partition coefficient (Wildman–Crippen LogP) is 11.9. The van der Waals surface area contributed by atoms with Gasteiger partial charge in [-0.15, -0.1) is 0 Å². The van der Waals surface area contributed by atoms with Gasteiger partial charge in [-0.2, -0.15) is 0 Å². The highest BCUT2D eigenvalue weighted by Crippen LogP contribution is 2.41. The Morgan fingerprint density at radius 2 is 0.915 bits per heavy atom. The van der Waals surface area contributed by atoms with Gasteiger partial charge in [0, 0.05) is 38.4 Å². The van der Waals surface area contributed by atoms with E-state index < -0.39 is 0 Å². The Labute approximate surface area is 272 Å². The largest absolute Gasteiger partial charge is 0.455 e. The molecule has 0 aliphatic rings. The van der Waals surface area contributed by atoms with Gasteiger partial charge < -0.3 is 4.42 Å². The van der Waals surface area contributed by atoms with Crippen LogP contribution in [0.15, 0.2) is 174 Å². The average Bonchev–Trinajstić information content (AvgIpc) is 3.55. The van der Waals surface area contributed by atoms with Crippen molar-refractivity contribution in [2.75, 3.05) is 0 Å². The minimum Gasteiger partial charge on any atom is -0.455 e. The van der Waals surface area contributed by atoms with Gasteiger partial charge in [-0.1, -0.05) is 140 Å². The fraction of sp³-hybridized carbons (Fsp3) is 0. The first kappa shape index (κ1) is 27.0. The first-order valence-corrected chi connectivity index (χ1v) is 15.8. The van der Waals surface area contributed by atoms with Crippen molar-refractivity contribution < 1.29 is 4.42 Å². The lowest BCUT2D eigenvalue weighted by Gasteiger charge is -2.13. The molecule has 0 unspecified atom stereocenters. The topological polar surface area (TPSA) is 38.9 Å². The van der Waals surface area contributed by atoms with E-state index in [-0.39, 0.29) is 0 Å². The molecule has 0 aliphatic heterocycles. The molecule has 7 aromatic carbocycles. The quantitative estimate of drug-likeness (QED) is 0.197. The van der Waals surface area contributed by atoms with Crippen molar-refractivity contribution in [3.05, 3.63) is 170 Å². The smallest absolute Gasteiger partial charge is 0.160 e. The van der Waals surface area contributed by atoms with E-state index in [1.54, 1.807) is 0 Å². The average molecular weight is 601 g/mol. The van der Waals surface area contributed by atoms with Crippen LogP contribution < -0.4 is 0 Å². The van der Waals surface area contributed by atoms with Gasteiger partial charge in [-0.05, 0) is 52.4 Å². The van der Waals surface area contributed by atoms with E-state index >= 15 is 0 Å². The lowest BCUT2D eigenvalue weighted by atomic mass is 9.93. The van der Waals surface area contributed by atoms with Crippen LogP contribution in [0.2, 0.25) is 0 Å². The Bertz CT molecular complexity index is 2500. The number of hydrogen-bond acceptors (Lipinski definition) is 3. The van der Waals surface area contributed by atoms with Crippen LogP contribution in [-0.2, 0) is 0 Å². The van der Waals surface area contributed by atoms with E-state index in [4.69, 9.17) is 14.4 Å². The van der Waals surface area contributed by atoms with Crippen LogP contribution in [-0.4, -0.2) is 9.97 Å². The molecular formula is C44H28N2O. The Kier molecular flexibility index (Phi) is 6.46. The molecule has 0 saturated carbocycles. The van der Waals surface area contributed by atoms with Crippen LogP contribution in [0, 0.1) is 0 Å². The van der Waals surface area contributed by atoms with Crippen molar-refractivity contribution >= 4 is 32.7 Å². The molecule has 0 spiro atoms. The number of nitrogens with zero attached hydrogens (tertiary/aromatic N) is 2. The summed E-state index contributed by atoms with van der Waals surface area (Å²) in [5.41, 5.74) is 10.9. The SMILES string of the molecule is c1ccc(-c2cc(-c3cc(-c4ccccc4)nc(-c4ccccc4)n3)cc(-c3cccc4c3oc3c5ccccc5ccc43)c2)cc1. The minimum absolute atomic E-state index is 0.694. The Morgan fingerprint density at radius 3 is 1.68 bits per heavy atom. The molecule has 47 heavy (non-hydrogen) atoms. The summed E-state index contributed by atoms with van der Waals surface area (Å²) >= 11 is 0. The highest BCUT2D eigenvalue weighted by atomic mass is 16.3. The number of furan rings is 1. The zero-order chi connectivity index (χ0) is 31.2. The first-order valence-electron chi connectivity index (χ1n) is 15.8. The van der Waals surface area contributed by atoms with Crippen molar-refractivity contribution in [2.24, 2.45) is 0 Å². The second-order valence-corrected chi connectivity index (χ2v) is 11.8. The number of para-hydroxylation sites is 1. The minimum atomic E-state index is 0.694. The summed E-state index contributed by atoms with van der Waals surface area (Å²) in [6.45, 7) is 0. The molecule has 9 aromatic rings. The number of benzene rings is 7. The maximum atomic E-state index is 6.77. The second kappa shape index (κ2) is 11.2. The van der Waals surface area contributed by atoms with E-state index in [9.17, 15) is 0 Å². The van der Waals surface area contributed by atoms with Crippen LogP contribution >= 0.6 is 0 Å². The molecule has 0 aliphatic carbocycles. The Balaban J connectivity index is 1.30. The van der Waals surface area contributed by atoms with Crippen LogP contribution in [0.1, 0.15) is 0 Å². The fourth-order valence-corrected chi connectivity index (χ4v) is 6.55. The summed E-state index contributed by atoms with van der Waals surface area (Å²) in [7, 11) is 0.